The highest BCUT2D eigenvalue weighted by molar-refractivity contribution is 7.99. The zero-order valence-corrected chi connectivity index (χ0v) is 37.8. The minimum atomic E-state index is -0.482. The minimum Gasteiger partial charge on any atom is -0.309 e. The normalized spacial score (nSPS) is 28.4. The Labute approximate surface area is 378 Å². The summed E-state index contributed by atoms with van der Waals surface area (Å²) in [4.78, 5) is 5.70. The second-order valence-corrected chi connectivity index (χ2v) is 22.9. The fourth-order valence-corrected chi connectivity index (χ4v) is 17.5. The maximum atomic E-state index is 2.75. The lowest BCUT2D eigenvalue weighted by Crippen LogP contribution is -2.74. The number of rotatable bonds is 5. The molecule has 4 saturated carbocycles. The van der Waals surface area contributed by atoms with Gasteiger partial charge in [-0.1, -0.05) is 173 Å². The van der Waals surface area contributed by atoms with E-state index in [9.17, 15) is 0 Å². The Morgan fingerprint density at radius 3 is 1.89 bits per heavy atom. The van der Waals surface area contributed by atoms with Crippen LogP contribution in [0.3, 0.4) is 0 Å². The van der Waals surface area contributed by atoms with Crippen LogP contribution in [0.4, 0.5) is 17.1 Å². The van der Waals surface area contributed by atoms with Crippen LogP contribution in [0.5, 0.6) is 0 Å². The molecule has 7 aliphatic rings. The van der Waals surface area contributed by atoms with E-state index in [1.165, 1.54) is 103 Å². The standard InChI is InChI=1S/C61H55NS/c1-57(2)31-32-58(3,4)55-47(57)24-15-26-50(55)62(42-29-30-44-43-21-11-12-22-45(43)60(49(44)36-42,39-17-7-5-8-18-39)40-19-9-6-10-20-40)51-27-16-25-48-56(51)63-52-28-14-13-23-46(52)61(48)53-34-38-33-41-35-54(61)59(41,53)37-38/h5-30,36,38,41,53-54H,31-35,37H2,1-4H3. The van der Waals surface area contributed by atoms with Crippen LogP contribution in [0.1, 0.15) is 111 Å². The van der Waals surface area contributed by atoms with Gasteiger partial charge in [-0.25, -0.2) is 0 Å². The Kier molecular flexibility index (Phi) is 7.35. The Morgan fingerprint density at radius 1 is 0.508 bits per heavy atom. The number of benzene rings is 7. The van der Waals surface area contributed by atoms with E-state index in [0.717, 1.165) is 30.1 Å². The molecule has 6 unspecified atom stereocenters. The van der Waals surface area contributed by atoms with Gasteiger partial charge in [0, 0.05) is 20.9 Å². The van der Waals surface area contributed by atoms with Gasteiger partial charge in [0.1, 0.15) is 0 Å². The first-order valence-electron chi connectivity index (χ1n) is 23.9. The van der Waals surface area contributed by atoms with E-state index >= 15 is 0 Å². The molecular weight excluding hydrogens is 779 g/mol. The quantitative estimate of drug-likeness (QED) is 0.170. The van der Waals surface area contributed by atoms with Gasteiger partial charge in [0.15, 0.2) is 0 Å². The molecule has 2 bridgehead atoms. The van der Waals surface area contributed by atoms with Gasteiger partial charge in [0.05, 0.1) is 16.8 Å². The van der Waals surface area contributed by atoms with Crippen LogP contribution in [0.25, 0.3) is 11.1 Å². The Hall–Kier alpha value is -5.31. The maximum Gasteiger partial charge on any atom is 0.0714 e. The van der Waals surface area contributed by atoms with Gasteiger partial charge < -0.3 is 4.90 Å². The summed E-state index contributed by atoms with van der Waals surface area (Å²) < 4.78 is 0. The first-order valence-corrected chi connectivity index (χ1v) is 24.7. The molecule has 7 aromatic rings. The van der Waals surface area contributed by atoms with E-state index in [1.807, 2.05) is 0 Å². The average molecular weight is 834 g/mol. The van der Waals surface area contributed by atoms with Crippen molar-refractivity contribution in [3.63, 3.8) is 0 Å². The van der Waals surface area contributed by atoms with Gasteiger partial charge in [-0.2, -0.15) is 0 Å². The number of nitrogens with zero attached hydrogens (tertiary/aromatic N) is 1. The van der Waals surface area contributed by atoms with Gasteiger partial charge in [0.2, 0.25) is 0 Å². The molecule has 1 nitrogen and oxygen atoms in total. The molecule has 6 atom stereocenters. The van der Waals surface area contributed by atoms with Crippen molar-refractivity contribution in [1.82, 2.24) is 0 Å². The topological polar surface area (TPSA) is 3.24 Å². The lowest BCUT2D eigenvalue weighted by molar-refractivity contribution is -0.235. The summed E-state index contributed by atoms with van der Waals surface area (Å²) in [6.07, 6.45) is 8.12. The third-order valence-electron chi connectivity index (χ3n) is 18.5. The molecule has 6 aliphatic carbocycles. The van der Waals surface area contributed by atoms with Crippen LogP contribution >= 0.6 is 11.8 Å². The summed E-state index contributed by atoms with van der Waals surface area (Å²) >= 11 is 2.05. The first kappa shape index (κ1) is 37.1. The Morgan fingerprint density at radius 2 is 1.13 bits per heavy atom. The summed E-state index contributed by atoms with van der Waals surface area (Å²) in [6, 6.07) is 63.8. The first-order chi connectivity index (χ1) is 30.7. The van der Waals surface area contributed by atoms with Crippen molar-refractivity contribution in [2.45, 2.75) is 97.7 Å². The fraction of sp³-hybridized carbons (Fsp3) is 0.311. The molecule has 2 spiro atoms. The molecule has 0 radical (unpaired) electrons. The SMILES string of the molecule is CC1(C)CCC(C)(C)c2c(N(c3ccc4c(c3)C(c3ccccc3)(c3ccccc3)c3ccccc3-4)c3cccc4c3Sc3ccccc3C43C4CC5CC6CC3C64C5)cccc21. The molecule has 0 aromatic heterocycles. The fourth-order valence-electron chi connectivity index (χ4n) is 16.1. The molecule has 1 aliphatic heterocycles. The molecular formula is C61H55NS. The van der Waals surface area contributed by atoms with Crippen molar-refractivity contribution in [2.24, 2.45) is 29.1 Å². The van der Waals surface area contributed by atoms with Crippen LogP contribution < -0.4 is 4.90 Å². The molecule has 7 aromatic carbocycles. The molecule has 4 fully saturated rings. The van der Waals surface area contributed by atoms with E-state index in [4.69, 9.17) is 0 Å². The summed E-state index contributed by atoms with van der Waals surface area (Å²) in [6.45, 7) is 9.97. The highest BCUT2D eigenvalue weighted by atomic mass is 32.2. The van der Waals surface area contributed by atoms with E-state index in [0.29, 0.717) is 5.41 Å². The molecule has 14 rings (SSSR count). The monoisotopic (exact) mass is 833 g/mol. The largest absolute Gasteiger partial charge is 0.309 e. The maximum absolute atomic E-state index is 2.75. The van der Waals surface area contributed by atoms with Crippen molar-refractivity contribution in [1.29, 1.82) is 0 Å². The lowest BCUT2D eigenvalue weighted by atomic mass is 9.26. The van der Waals surface area contributed by atoms with E-state index < -0.39 is 5.41 Å². The summed E-state index contributed by atoms with van der Waals surface area (Å²) in [7, 11) is 0. The molecule has 0 amide bonds. The highest BCUT2D eigenvalue weighted by Gasteiger charge is 2.84. The number of anilines is 3. The Bertz CT molecular complexity index is 3010. The smallest absolute Gasteiger partial charge is 0.0714 e. The van der Waals surface area contributed by atoms with Crippen LogP contribution in [0.15, 0.2) is 174 Å². The second-order valence-electron chi connectivity index (χ2n) is 21.9. The summed E-state index contributed by atoms with van der Waals surface area (Å²) in [5.41, 5.74) is 18.4. The number of hydrogen-bond acceptors (Lipinski definition) is 2. The zero-order chi connectivity index (χ0) is 42.1. The van der Waals surface area contributed by atoms with Crippen molar-refractivity contribution >= 4 is 28.8 Å². The van der Waals surface area contributed by atoms with Crippen molar-refractivity contribution in [3.8, 4) is 11.1 Å². The second kappa shape index (κ2) is 12.5. The summed E-state index contributed by atoms with van der Waals surface area (Å²) in [5, 5.41) is 0. The molecule has 0 N–H and O–H groups in total. The van der Waals surface area contributed by atoms with E-state index in [1.54, 1.807) is 11.1 Å². The zero-order valence-electron chi connectivity index (χ0n) is 37.0. The van der Waals surface area contributed by atoms with Gasteiger partial charge in [0.25, 0.3) is 0 Å². The average Bonchev–Trinajstić information content (AvgIpc) is 3.95. The predicted octanol–water partition coefficient (Wildman–Crippen LogP) is 15.7. The molecule has 310 valence electrons. The molecule has 0 saturated heterocycles. The van der Waals surface area contributed by atoms with Gasteiger partial charge in [-0.05, 0) is 164 Å². The van der Waals surface area contributed by atoms with E-state index in [2.05, 4.69) is 208 Å². The predicted molar refractivity (Wildman–Crippen MR) is 260 cm³/mol. The van der Waals surface area contributed by atoms with Crippen LogP contribution in [0, 0.1) is 29.1 Å². The third-order valence-corrected chi connectivity index (χ3v) is 19.7. The van der Waals surface area contributed by atoms with E-state index in [-0.39, 0.29) is 16.2 Å². The third kappa shape index (κ3) is 4.43. The molecule has 63 heavy (non-hydrogen) atoms. The number of fused-ring (bicyclic) bond motifs is 11. The minimum absolute atomic E-state index is 0.00465. The van der Waals surface area contributed by atoms with Crippen molar-refractivity contribution in [3.05, 3.63) is 208 Å². The van der Waals surface area contributed by atoms with Crippen LogP contribution in [0.2, 0.25) is 0 Å². The van der Waals surface area contributed by atoms with Gasteiger partial charge in [-0.3, -0.25) is 0 Å². The molecule has 2 heteroatoms. The van der Waals surface area contributed by atoms with Gasteiger partial charge in [-0.15, -0.1) is 0 Å². The van der Waals surface area contributed by atoms with Gasteiger partial charge >= 0.3 is 0 Å². The van der Waals surface area contributed by atoms with Crippen LogP contribution in [-0.2, 0) is 21.7 Å². The highest BCUT2D eigenvalue weighted by Crippen LogP contribution is 2.89. The lowest BCUT2D eigenvalue weighted by Gasteiger charge is -2.78. The number of hydrogen-bond donors (Lipinski definition) is 0. The van der Waals surface area contributed by atoms with Crippen molar-refractivity contribution in [2.75, 3.05) is 4.90 Å². The molecule has 1 heterocycles. The summed E-state index contributed by atoms with van der Waals surface area (Å²) in [5.74, 6) is 3.36. The van der Waals surface area contributed by atoms with Crippen molar-refractivity contribution < 1.29 is 0 Å². The van der Waals surface area contributed by atoms with Crippen LogP contribution in [-0.4, -0.2) is 0 Å². The Balaban J connectivity index is 1.06.